The third-order valence-electron chi connectivity index (χ3n) is 4.93. The van der Waals surface area contributed by atoms with Crippen LogP contribution in [0.25, 0.3) is 11.2 Å². The number of para-hydroxylation sites is 1. The average Bonchev–Trinajstić information content (AvgIpc) is 3.21. The molecule has 4 rings (SSSR count). The minimum atomic E-state index is -0.437. The van der Waals surface area contributed by atoms with Crippen molar-refractivity contribution >= 4 is 34.5 Å². The molecule has 0 saturated carbocycles. The van der Waals surface area contributed by atoms with Crippen LogP contribution in [0.5, 0.6) is 0 Å². The van der Waals surface area contributed by atoms with Gasteiger partial charge in [-0.05, 0) is 24.3 Å². The fourth-order valence-electron chi connectivity index (χ4n) is 3.28. The van der Waals surface area contributed by atoms with Gasteiger partial charge in [0.05, 0.1) is 12.0 Å². The summed E-state index contributed by atoms with van der Waals surface area (Å²) in [5.74, 6) is -0.176. The maximum absolute atomic E-state index is 12.6. The molecule has 0 bridgehead atoms. The minimum Gasteiger partial charge on any atom is -0.325 e. The number of fused-ring (bicyclic) bond motifs is 1. The van der Waals surface area contributed by atoms with Crippen LogP contribution in [-0.2, 0) is 25.4 Å². The summed E-state index contributed by atoms with van der Waals surface area (Å²) in [6, 6.07) is 17.6. The number of carbonyl (C=O) groups is 1. The van der Waals surface area contributed by atoms with Gasteiger partial charge in [0.15, 0.2) is 11.2 Å². The van der Waals surface area contributed by atoms with Crippen LogP contribution < -0.4 is 16.6 Å². The van der Waals surface area contributed by atoms with Crippen LogP contribution in [0.1, 0.15) is 6.42 Å². The number of nitrogens with zero attached hydrogens (tertiary/aromatic N) is 4. The summed E-state index contributed by atoms with van der Waals surface area (Å²) in [5, 5.41) is 2.96. The maximum Gasteiger partial charge on any atom is 0.332 e. The van der Waals surface area contributed by atoms with E-state index < -0.39 is 11.2 Å². The van der Waals surface area contributed by atoms with E-state index in [1.54, 1.807) is 23.4 Å². The lowest BCUT2D eigenvalue weighted by Crippen LogP contribution is -2.37. The van der Waals surface area contributed by atoms with Gasteiger partial charge in [0.2, 0.25) is 5.91 Å². The molecule has 0 saturated heterocycles. The van der Waals surface area contributed by atoms with Gasteiger partial charge in [-0.25, -0.2) is 9.78 Å². The van der Waals surface area contributed by atoms with Crippen molar-refractivity contribution in [1.82, 2.24) is 18.7 Å². The Balaban J connectivity index is 1.50. The maximum atomic E-state index is 12.6. The molecule has 0 radical (unpaired) electrons. The molecule has 2 aromatic heterocycles. The van der Waals surface area contributed by atoms with Crippen molar-refractivity contribution in [1.29, 1.82) is 0 Å². The van der Waals surface area contributed by atoms with Gasteiger partial charge < -0.3 is 9.88 Å². The zero-order chi connectivity index (χ0) is 22.0. The highest BCUT2D eigenvalue weighted by Gasteiger charge is 2.15. The van der Waals surface area contributed by atoms with Crippen LogP contribution in [0, 0.1) is 0 Å². The van der Waals surface area contributed by atoms with Gasteiger partial charge in [-0.3, -0.25) is 18.7 Å². The molecule has 9 heteroatoms. The Morgan fingerprint density at radius 2 is 1.71 bits per heavy atom. The molecule has 158 valence electrons. The number of amides is 1. The quantitative estimate of drug-likeness (QED) is 0.503. The molecule has 4 aromatic rings. The van der Waals surface area contributed by atoms with Gasteiger partial charge in [0.25, 0.3) is 5.56 Å². The lowest BCUT2D eigenvalue weighted by atomic mass is 10.3. The number of imidazole rings is 1. The summed E-state index contributed by atoms with van der Waals surface area (Å²) in [7, 11) is 2.99. The number of aryl methyl sites for hydroxylation is 2. The monoisotopic (exact) mass is 435 g/mol. The van der Waals surface area contributed by atoms with Crippen molar-refractivity contribution < 1.29 is 4.79 Å². The number of carbonyl (C=O) groups excluding carboxylic acids is 1. The van der Waals surface area contributed by atoms with Crippen molar-refractivity contribution in [2.75, 3.05) is 5.32 Å². The van der Waals surface area contributed by atoms with Crippen LogP contribution in [-0.4, -0.2) is 24.6 Å². The van der Waals surface area contributed by atoms with Crippen LogP contribution in [0.3, 0.4) is 0 Å². The molecule has 0 fully saturated rings. The summed E-state index contributed by atoms with van der Waals surface area (Å²) >= 11 is 1.57. The van der Waals surface area contributed by atoms with Crippen LogP contribution >= 0.6 is 11.8 Å². The second-order valence-electron chi connectivity index (χ2n) is 7.03. The fourth-order valence-corrected chi connectivity index (χ4v) is 4.20. The van der Waals surface area contributed by atoms with Crippen molar-refractivity contribution in [3.8, 4) is 0 Å². The van der Waals surface area contributed by atoms with E-state index in [1.165, 1.54) is 17.9 Å². The first kappa shape index (κ1) is 20.7. The van der Waals surface area contributed by atoms with Crippen molar-refractivity contribution in [2.45, 2.75) is 22.8 Å². The first-order valence-corrected chi connectivity index (χ1v) is 10.5. The molecule has 2 aromatic carbocycles. The van der Waals surface area contributed by atoms with E-state index in [-0.39, 0.29) is 18.9 Å². The highest BCUT2D eigenvalue weighted by molar-refractivity contribution is 7.99. The third-order valence-corrected chi connectivity index (χ3v) is 6.01. The van der Waals surface area contributed by atoms with Gasteiger partial charge in [-0.1, -0.05) is 42.1 Å². The molecule has 2 heterocycles. The number of anilines is 1. The molecule has 0 spiro atoms. The lowest BCUT2D eigenvalue weighted by Gasteiger charge is -2.11. The second kappa shape index (κ2) is 8.65. The molecule has 31 heavy (non-hydrogen) atoms. The molecule has 0 aliphatic rings. The number of nitrogens with one attached hydrogen (secondary N) is 1. The first-order chi connectivity index (χ1) is 15.0. The number of rotatable bonds is 6. The summed E-state index contributed by atoms with van der Waals surface area (Å²) in [4.78, 5) is 43.4. The summed E-state index contributed by atoms with van der Waals surface area (Å²) in [6.45, 7) is 0.268. The van der Waals surface area contributed by atoms with Gasteiger partial charge in [0, 0.05) is 36.9 Å². The van der Waals surface area contributed by atoms with E-state index >= 15 is 0 Å². The predicted molar refractivity (Wildman–Crippen MR) is 120 cm³/mol. The molecule has 0 aliphatic heterocycles. The lowest BCUT2D eigenvalue weighted by molar-refractivity contribution is -0.116. The fraction of sp³-hybridized carbons (Fsp3) is 0.182. The van der Waals surface area contributed by atoms with Gasteiger partial charge in [-0.15, -0.1) is 0 Å². The van der Waals surface area contributed by atoms with Crippen LogP contribution in [0.4, 0.5) is 5.69 Å². The molecule has 1 amide bonds. The highest BCUT2D eigenvalue weighted by Crippen LogP contribution is 2.33. The summed E-state index contributed by atoms with van der Waals surface area (Å²) in [6.07, 6.45) is 1.64. The highest BCUT2D eigenvalue weighted by atomic mass is 32.2. The largest absolute Gasteiger partial charge is 0.332 e. The van der Waals surface area contributed by atoms with Crippen molar-refractivity contribution in [3.63, 3.8) is 0 Å². The standard InChI is InChI=1S/C22H21N5O3S/c1-25-20-19(21(29)26(2)22(25)30)27(14-23-20)13-12-18(28)24-16-10-6-7-11-17(16)31-15-8-4-3-5-9-15/h3-11,14H,12-13H2,1-2H3,(H,24,28). The van der Waals surface area contributed by atoms with Gasteiger partial charge >= 0.3 is 5.69 Å². The normalized spacial score (nSPS) is 11.0. The van der Waals surface area contributed by atoms with E-state index in [4.69, 9.17) is 0 Å². The molecule has 0 aliphatic carbocycles. The molecular formula is C22H21N5O3S. The summed E-state index contributed by atoms with van der Waals surface area (Å²) in [5.41, 5.74) is 0.472. The molecule has 8 nitrogen and oxygen atoms in total. The Bertz CT molecular complexity index is 1370. The average molecular weight is 436 g/mol. The Hall–Kier alpha value is -3.59. The zero-order valence-electron chi connectivity index (χ0n) is 17.1. The molecule has 0 atom stereocenters. The predicted octanol–water partition coefficient (Wildman–Crippen LogP) is 2.61. The number of benzene rings is 2. The van der Waals surface area contributed by atoms with E-state index in [2.05, 4.69) is 10.3 Å². The van der Waals surface area contributed by atoms with Crippen molar-refractivity contribution in [3.05, 3.63) is 81.8 Å². The van der Waals surface area contributed by atoms with E-state index in [0.717, 1.165) is 20.0 Å². The van der Waals surface area contributed by atoms with Crippen LogP contribution in [0.15, 0.2) is 80.3 Å². The smallest absolute Gasteiger partial charge is 0.325 e. The Morgan fingerprint density at radius 1 is 1.00 bits per heavy atom. The van der Waals surface area contributed by atoms with Crippen molar-refractivity contribution in [2.24, 2.45) is 14.1 Å². The minimum absolute atomic E-state index is 0.155. The molecule has 1 N–H and O–H groups in total. The third kappa shape index (κ3) is 4.17. The Labute approximate surface area is 182 Å². The Morgan fingerprint density at radius 3 is 2.48 bits per heavy atom. The van der Waals surface area contributed by atoms with E-state index in [0.29, 0.717) is 11.2 Å². The number of hydrogen-bond donors (Lipinski definition) is 1. The number of aromatic nitrogens is 4. The zero-order valence-corrected chi connectivity index (χ0v) is 17.9. The topological polar surface area (TPSA) is 90.9 Å². The van der Waals surface area contributed by atoms with Gasteiger partial charge in [0.1, 0.15) is 0 Å². The SMILES string of the molecule is Cn1c(=O)c2c(ncn2CCC(=O)Nc2ccccc2Sc2ccccc2)n(C)c1=O. The summed E-state index contributed by atoms with van der Waals surface area (Å²) < 4.78 is 3.98. The van der Waals surface area contributed by atoms with Crippen LogP contribution in [0.2, 0.25) is 0 Å². The Kier molecular flexibility index (Phi) is 5.77. The first-order valence-electron chi connectivity index (χ1n) is 9.68. The van der Waals surface area contributed by atoms with E-state index in [1.807, 2.05) is 54.6 Å². The van der Waals surface area contributed by atoms with E-state index in [9.17, 15) is 14.4 Å². The molecular weight excluding hydrogens is 414 g/mol. The number of hydrogen-bond acceptors (Lipinski definition) is 5. The second-order valence-corrected chi connectivity index (χ2v) is 8.14. The molecule has 0 unspecified atom stereocenters. The van der Waals surface area contributed by atoms with Gasteiger partial charge in [-0.2, -0.15) is 0 Å².